The van der Waals surface area contributed by atoms with E-state index in [1.165, 1.54) is 5.56 Å². The van der Waals surface area contributed by atoms with Crippen molar-refractivity contribution in [2.24, 2.45) is 0 Å². The molecule has 2 aromatic rings. The van der Waals surface area contributed by atoms with E-state index in [4.69, 9.17) is 0 Å². The second-order valence-electron chi connectivity index (χ2n) is 6.64. The maximum Gasteiger partial charge on any atom is 0.484 e. The number of hydrogen-bond acceptors (Lipinski definition) is 5. The minimum atomic E-state index is -0.569. The molecule has 4 rings (SSSR count). The molecule has 1 aliphatic heterocycles. The molecule has 1 fully saturated rings. The molecule has 2 aliphatic rings. The predicted molar refractivity (Wildman–Crippen MR) is 98.0 cm³/mol. The molecular weight excluding hydrogens is 423 g/mol. The lowest BCUT2D eigenvalue weighted by Crippen LogP contribution is -2.45. The van der Waals surface area contributed by atoms with Crippen molar-refractivity contribution >= 4 is 39.5 Å². The summed E-state index contributed by atoms with van der Waals surface area (Å²) in [7, 11) is 0. The van der Waals surface area contributed by atoms with Gasteiger partial charge < -0.3 is 0 Å². The molecule has 1 amide bonds. The van der Waals surface area contributed by atoms with E-state index in [1.54, 1.807) is 0 Å². The number of hydrogen-bond donors (Lipinski definition) is 1. The molecule has 1 atom stereocenters. The minimum absolute atomic E-state index is 0.0258. The summed E-state index contributed by atoms with van der Waals surface area (Å²) < 4.78 is 25.7. The summed E-state index contributed by atoms with van der Waals surface area (Å²) in [5.41, 5.74) is 2.21. The van der Waals surface area contributed by atoms with Crippen molar-refractivity contribution in [2.75, 3.05) is 18.4 Å². The highest BCUT2D eigenvalue weighted by Gasteiger charge is 2.55. The maximum absolute atomic E-state index is 12.9. The Morgan fingerprint density at radius 3 is 2.77 bits per heavy atom. The molecule has 1 spiro atoms. The number of amides is 1. The first-order valence-electron chi connectivity index (χ1n) is 8.11. The SMILES string of the molecule is O=[S+]C1c2ccc(Br)cc2C2(CC2)CN1CC(=O)Nc1ncc(F)cn1. The third kappa shape index (κ3) is 3.26. The molecule has 1 aliphatic carbocycles. The summed E-state index contributed by atoms with van der Waals surface area (Å²) in [5, 5.41) is 2.13. The Bertz CT molecular complexity index is 876. The van der Waals surface area contributed by atoms with Gasteiger partial charge in [0.25, 0.3) is 0 Å². The van der Waals surface area contributed by atoms with Crippen LogP contribution in [0, 0.1) is 5.82 Å². The van der Waals surface area contributed by atoms with E-state index < -0.39 is 11.2 Å². The largest absolute Gasteiger partial charge is 0.484 e. The van der Waals surface area contributed by atoms with Crippen molar-refractivity contribution in [3.8, 4) is 0 Å². The van der Waals surface area contributed by atoms with Gasteiger partial charge in [-0.3, -0.25) is 10.1 Å². The second-order valence-corrected chi connectivity index (χ2v) is 8.19. The molecular formula is C17H15BrFN4O2S+. The van der Waals surface area contributed by atoms with Crippen LogP contribution in [0.2, 0.25) is 0 Å². The third-order valence-electron chi connectivity index (χ3n) is 4.85. The van der Waals surface area contributed by atoms with Gasteiger partial charge in [-0.25, -0.2) is 19.3 Å². The number of carbonyl (C=O) groups is 1. The van der Waals surface area contributed by atoms with Gasteiger partial charge in [-0.05, 0) is 30.5 Å². The van der Waals surface area contributed by atoms with Crippen molar-refractivity contribution in [1.82, 2.24) is 14.9 Å². The summed E-state index contributed by atoms with van der Waals surface area (Å²) >= 11 is 3.99. The zero-order valence-electron chi connectivity index (χ0n) is 13.6. The van der Waals surface area contributed by atoms with Crippen molar-refractivity contribution in [2.45, 2.75) is 23.6 Å². The van der Waals surface area contributed by atoms with E-state index in [1.807, 2.05) is 17.0 Å². The van der Waals surface area contributed by atoms with Crippen molar-refractivity contribution in [1.29, 1.82) is 0 Å². The van der Waals surface area contributed by atoms with Crippen molar-refractivity contribution in [3.63, 3.8) is 0 Å². The number of benzene rings is 1. The van der Waals surface area contributed by atoms with Crippen LogP contribution in [-0.2, 0) is 26.1 Å². The fourth-order valence-corrected chi connectivity index (χ4v) is 4.45. The van der Waals surface area contributed by atoms with E-state index in [-0.39, 0.29) is 23.8 Å². The lowest BCUT2D eigenvalue weighted by atomic mass is 9.87. The topological polar surface area (TPSA) is 75.2 Å². The number of rotatable bonds is 4. The monoisotopic (exact) mass is 437 g/mol. The van der Waals surface area contributed by atoms with Crippen LogP contribution in [-0.4, -0.2) is 33.9 Å². The van der Waals surface area contributed by atoms with Gasteiger partial charge in [0.15, 0.2) is 5.82 Å². The van der Waals surface area contributed by atoms with Gasteiger partial charge in [-0.1, -0.05) is 22.0 Å². The Kier molecular flexibility index (Phi) is 4.54. The molecule has 0 saturated heterocycles. The molecule has 1 unspecified atom stereocenters. The highest BCUT2D eigenvalue weighted by atomic mass is 79.9. The van der Waals surface area contributed by atoms with Gasteiger partial charge in [0.05, 0.1) is 18.9 Å². The number of nitrogens with one attached hydrogen (secondary N) is 1. The lowest BCUT2D eigenvalue weighted by molar-refractivity contribution is -0.117. The number of nitrogens with zero attached hydrogens (tertiary/aromatic N) is 3. The Morgan fingerprint density at radius 1 is 1.38 bits per heavy atom. The molecule has 1 aromatic carbocycles. The minimum Gasteiger partial charge on any atom is -0.293 e. The molecule has 1 saturated carbocycles. The van der Waals surface area contributed by atoms with Crippen molar-refractivity contribution < 1.29 is 13.4 Å². The summed E-state index contributed by atoms with van der Waals surface area (Å²) in [5.74, 6) is -0.850. The van der Waals surface area contributed by atoms with Gasteiger partial charge in [0.1, 0.15) is 0 Å². The zero-order valence-corrected chi connectivity index (χ0v) is 16.0. The van der Waals surface area contributed by atoms with Gasteiger partial charge in [-0.2, -0.15) is 0 Å². The average Bonchev–Trinajstić information content (AvgIpc) is 3.38. The zero-order chi connectivity index (χ0) is 18.3. The smallest absolute Gasteiger partial charge is 0.293 e. The molecule has 2 heterocycles. The fourth-order valence-electron chi connectivity index (χ4n) is 3.51. The summed E-state index contributed by atoms with van der Waals surface area (Å²) in [4.78, 5) is 21.7. The van der Waals surface area contributed by atoms with E-state index in [2.05, 4.69) is 37.3 Å². The van der Waals surface area contributed by atoms with Crippen LogP contribution in [0.25, 0.3) is 0 Å². The van der Waals surface area contributed by atoms with Gasteiger partial charge >= 0.3 is 17.0 Å². The molecule has 1 N–H and O–H groups in total. The van der Waals surface area contributed by atoms with Gasteiger partial charge in [-0.15, -0.1) is 0 Å². The Balaban J connectivity index is 1.55. The van der Waals surface area contributed by atoms with Gasteiger partial charge in [0.2, 0.25) is 11.9 Å². The quantitative estimate of drug-likeness (QED) is 0.744. The molecule has 134 valence electrons. The number of aromatic nitrogens is 2. The van der Waals surface area contributed by atoms with E-state index >= 15 is 0 Å². The average molecular weight is 438 g/mol. The van der Waals surface area contributed by atoms with E-state index in [9.17, 15) is 13.4 Å². The molecule has 1 aromatic heterocycles. The Labute approximate surface area is 161 Å². The fraction of sp³-hybridized carbons (Fsp3) is 0.353. The standard InChI is InChI=1S/C17H14BrFN4O2S/c18-10-1-2-12-13(5-10)17(3-4-17)9-23(15(12)26-25)8-14(24)22-16-20-6-11(19)7-21-16/h1-2,5-7,15H,3-4,8-9H2/p+1. The highest BCUT2D eigenvalue weighted by Crippen LogP contribution is 2.55. The number of halogens is 2. The number of fused-ring (bicyclic) bond motifs is 2. The van der Waals surface area contributed by atoms with Crippen molar-refractivity contribution in [3.05, 3.63) is 52.0 Å². The first-order chi connectivity index (χ1) is 12.5. The van der Waals surface area contributed by atoms with Crippen LogP contribution in [0.4, 0.5) is 10.3 Å². The summed E-state index contributed by atoms with van der Waals surface area (Å²) in [6.07, 6.45) is 4.08. The van der Waals surface area contributed by atoms with Crippen LogP contribution >= 0.6 is 15.9 Å². The lowest BCUT2D eigenvalue weighted by Gasteiger charge is -2.33. The predicted octanol–water partition coefficient (Wildman–Crippen LogP) is 2.79. The van der Waals surface area contributed by atoms with Crippen LogP contribution in [0.1, 0.15) is 29.3 Å². The Morgan fingerprint density at radius 2 is 2.12 bits per heavy atom. The maximum atomic E-state index is 12.9. The van der Waals surface area contributed by atoms with E-state index in [0.29, 0.717) is 18.2 Å². The van der Waals surface area contributed by atoms with Crippen LogP contribution in [0.5, 0.6) is 0 Å². The molecule has 9 heteroatoms. The van der Waals surface area contributed by atoms with Crippen LogP contribution < -0.4 is 5.32 Å². The number of anilines is 1. The van der Waals surface area contributed by atoms with Crippen LogP contribution in [0.15, 0.2) is 35.1 Å². The molecule has 26 heavy (non-hydrogen) atoms. The molecule has 6 nitrogen and oxygen atoms in total. The highest BCUT2D eigenvalue weighted by molar-refractivity contribution is 9.10. The summed E-state index contributed by atoms with van der Waals surface area (Å²) in [6, 6.07) is 5.98. The van der Waals surface area contributed by atoms with Crippen LogP contribution in [0.3, 0.4) is 0 Å². The summed E-state index contributed by atoms with van der Waals surface area (Å²) in [6.45, 7) is 0.714. The van der Waals surface area contributed by atoms with E-state index in [0.717, 1.165) is 35.3 Å². The molecule has 0 radical (unpaired) electrons. The van der Waals surface area contributed by atoms with Gasteiger partial charge in [0, 0.05) is 26.2 Å². The second kappa shape index (κ2) is 6.71. The first kappa shape index (κ1) is 17.6. The molecule has 0 bridgehead atoms. The number of carbonyl (C=O) groups excluding carboxylic acids is 1. The Hall–Kier alpha value is -1.84. The first-order valence-corrected chi connectivity index (χ1v) is 9.70. The third-order valence-corrected chi connectivity index (χ3v) is 6.08. The normalized spacial score (nSPS) is 20.5.